The van der Waals surface area contributed by atoms with Crippen molar-refractivity contribution in [2.24, 2.45) is 5.73 Å². The van der Waals surface area contributed by atoms with Crippen LogP contribution in [-0.2, 0) is 6.42 Å². The van der Waals surface area contributed by atoms with Crippen molar-refractivity contribution < 1.29 is 0 Å². The van der Waals surface area contributed by atoms with Crippen LogP contribution in [0.2, 0.25) is 0 Å². The molecule has 0 aliphatic rings. The van der Waals surface area contributed by atoms with E-state index in [4.69, 9.17) is 21.4 Å². The lowest BCUT2D eigenvalue weighted by molar-refractivity contribution is 0.940. The van der Waals surface area contributed by atoms with Gasteiger partial charge in [0.15, 0.2) is 5.17 Å². The Hall–Kier alpha value is -2.65. The number of amidine groups is 1. The lowest BCUT2D eigenvalue weighted by atomic mass is 10.0. The van der Waals surface area contributed by atoms with E-state index in [1.807, 2.05) is 18.2 Å². The van der Waals surface area contributed by atoms with Crippen LogP contribution in [0.3, 0.4) is 0 Å². The molecule has 6 heteroatoms. The summed E-state index contributed by atoms with van der Waals surface area (Å²) in [5.41, 5.74) is 8.77. The highest BCUT2D eigenvalue weighted by molar-refractivity contribution is 8.16. The highest BCUT2D eigenvalue weighted by atomic mass is 32.2. The number of hydrogen-bond acceptors (Lipinski definition) is 5. The van der Waals surface area contributed by atoms with Crippen molar-refractivity contribution in [3.63, 3.8) is 0 Å². The number of fused-ring (bicyclic) bond motifs is 1. The van der Waals surface area contributed by atoms with Gasteiger partial charge in [-0.2, -0.15) is 5.26 Å². The van der Waals surface area contributed by atoms with Crippen molar-refractivity contribution in [2.45, 2.75) is 25.7 Å². The average Bonchev–Trinajstić information content (AvgIpc) is 2.56. The van der Waals surface area contributed by atoms with Crippen LogP contribution in [0.1, 0.15) is 30.7 Å². The van der Waals surface area contributed by atoms with Crippen molar-refractivity contribution in [3.8, 4) is 6.07 Å². The van der Waals surface area contributed by atoms with Gasteiger partial charge in [-0.3, -0.25) is 15.4 Å². The largest absolute Gasteiger partial charge is 0.378 e. The Kier molecular flexibility index (Phi) is 6.10. The molecule has 5 nitrogen and oxygen atoms in total. The number of rotatable bonds is 7. The van der Waals surface area contributed by atoms with E-state index in [1.165, 1.54) is 11.8 Å². The summed E-state index contributed by atoms with van der Waals surface area (Å²) in [5.74, 6) is 0. The second kappa shape index (κ2) is 8.27. The first kappa shape index (κ1) is 17.7. The fourth-order valence-electron chi connectivity index (χ4n) is 2.31. The highest BCUT2D eigenvalue weighted by Gasteiger charge is 2.10. The van der Waals surface area contributed by atoms with Gasteiger partial charge in [0.1, 0.15) is 0 Å². The summed E-state index contributed by atoms with van der Waals surface area (Å²) in [7, 11) is 0. The summed E-state index contributed by atoms with van der Waals surface area (Å²) in [6.07, 6.45) is 4.12. The molecule has 122 valence electrons. The van der Waals surface area contributed by atoms with E-state index in [0.717, 1.165) is 32.8 Å². The van der Waals surface area contributed by atoms with E-state index >= 15 is 0 Å². The van der Waals surface area contributed by atoms with Crippen LogP contribution >= 0.6 is 11.8 Å². The van der Waals surface area contributed by atoms with Gasteiger partial charge < -0.3 is 5.73 Å². The second-order valence-corrected chi connectivity index (χ2v) is 6.51. The number of aryl methyl sites for hydroxylation is 1. The van der Waals surface area contributed by atoms with Crippen molar-refractivity contribution >= 4 is 33.4 Å². The van der Waals surface area contributed by atoms with Gasteiger partial charge in [-0.1, -0.05) is 24.9 Å². The van der Waals surface area contributed by atoms with Crippen molar-refractivity contribution in [1.29, 1.82) is 10.7 Å². The SMILES string of the molecule is C=C(CCc1nc(C(=C)CCC#N)cc2ncccc12)SC(=N)N. The molecule has 2 heterocycles. The molecule has 0 aromatic carbocycles. The minimum Gasteiger partial charge on any atom is -0.378 e. The monoisotopic (exact) mass is 337 g/mol. The number of nitriles is 1. The molecule has 0 amide bonds. The molecule has 0 atom stereocenters. The normalized spacial score (nSPS) is 10.3. The third kappa shape index (κ3) is 4.67. The van der Waals surface area contributed by atoms with E-state index in [1.54, 1.807) is 6.20 Å². The second-order valence-electron chi connectivity index (χ2n) is 5.29. The molecule has 2 rings (SSSR count). The molecular formula is C18H19N5S. The Bertz CT molecular complexity index is 835. The van der Waals surface area contributed by atoms with Gasteiger partial charge >= 0.3 is 0 Å². The quantitative estimate of drug-likeness (QED) is 0.587. The molecule has 0 saturated carbocycles. The molecule has 0 aliphatic carbocycles. The maximum absolute atomic E-state index is 8.74. The third-order valence-electron chi connectivity index (χ3n) is 3.47. The molecule has 0 unspecified atom stereocenters. The lowest BCUT2D eigenvalue weighted by Crippen LogP contribution is -2.04. The number of nitrogens with zero attached hydrogens (tertiary/aromatic N) is 3. The zero-order valence-corrected chi connectivity index (χ0v) is 14.2. The predicted octanol–water partition coefficient (Wildman–Crippen LogP) is 4.02. The molecule has 2 aromatic heterocycles. The smallest absolute Gasteiger partial charge is 0.155 e. The number of nitrogens with one attached hydrogen (secondary N) is 1. The van der Waals surface area contributed by atoms with Gasteiger partial charge in [0.25, 0.3) is 0 Å². The van der Waals surface area contributed by atoms with E-state index < -0.39 is 0 Å². The number of pyridine rings is 2. The molecule has 3 N–H and O–H groups in total. The summed E-state index contributed by atoms with van der Waals surface area (Å²) in [6.45, 7) is 7.97. The molecule has 0 bridgehead atoms. The maximum Gasteiger partial charge on any atom is 0.155 e. The Morgan fingerprint density at radius 1 is 1.38 bits per heavy atom. The molecule has 0 radical (unpaired) electrons. The van der Waals surface area contributed by atoms with E-state index in [0.29, 0.717) is 25.7 Å². The number of hydrogen-bond donors (Lipinski definition) is 2. The molecule has 0 spiro atoms. The van der Waals surface area contributed by atoms with Crippen LogP contribution < -0.4 is 5.73 Å². The Balaban J connectivity index is 2.29. The van der Waals surface area contributed by atoms with Crippen LogP contribution in [0.4, 0.5) is 0 Å². The van der Waals surface area contributed by atoms with Crippen LogP contribution in [0.25, 0.3) is 16.5 Å². The fourth-order valence-corrected chi connectivity index (χ4v) is 2.83. The lowest BCUT2D eigenvalue weighted by Gasteiger charge is -2.11. The van der Waals surface area contributed by atoms with Crippen molar-refractivity contribution in [3.05, 3.63) is 53.8 Å². The topological polar surface area (TPSA) is 99.4 Å². The van der Waals surface area contributed by atoms with Crippen LogP contribution in [0.15, 0.2) is 42.5 Å². The van der Waals surface area contributed by atoms with E-state index in [2.05, 4.69) is 24.2 Å². The number of nitrogens with two attached hydrogens (primary N) is 1. The minimum atomic E-state index is 0.0399. The van der Waals surface area contributed by atoms with Crippen LogP contribution in [0, 0.1) is 16.7 Å². The van der Waals surface area contributed by atoms with Gasteiger partial charge in [0.05, 0.1) is 23.0 Å². The number of thioether (sulfide) groups is 1. The zero-order valence-electron chi connectivity index (χ0n) is 13.4. The summed E-state index contributed by atoms with van der Waals surface area (Å²) in [6, 6.07) is 7.92. The summed E-state index contributed by atoms with van der Waals surface area (Å²) < 4.78 is 0. The Morgan fingerprint density at radius 3 is 2.88 bits per heavy atom. The Morgan fingerprint density at radius 2 is 2.17 bits per heavy atom. The van der Waals surface area contributed by atoms with Gasteiger partial charge in [-0.15, -0.1) is 0 Å². The average molecular weight is 337 g/mol. The first-order valence-electron chi connectivity index (χ1n) is 7.50. The predicted molar refractivity (Wildman–Crippen MR) is 100 cm³/mol. The van der Waals surface area contributed by atoms with E-state index in [-0.39, 0.29) is 5.17 Å². The molecular weight excluding hydrogens is 318 g/mol. The van der Waals surface area contributed by atoms with E-state index in [9.17, 15) is 0 Å². The number of aromatic nitrogens is 2. The summed E-state index contributed by atoms with van der Waals surface area (Å²) >= 11 is 1.17. The van der Waals surface area contributed by atoms with Gasteiger partial charge in [0, 0.05) is 18.0 Å². The van der Waals surface area contributed by atoms with Gasteiger partial charge in [0.2, 0.25) is 0 Å². The summed E-state index contributed by atoms with van der Waals surface area (Å²) in [5, 5.41) is 17.1. The fraction of sp³-hybridized carbons (Fsp3) is 0.222. The summed E-state index contributed by atoms with van der Waals surface area (Å²) in [4.78, 5) is 9.96. The molecule has 0 saturated heterocycles. The molecule has 0 aliphatic heterocycles. The number of allylic oxidation sites excluding steroid dienone is 2. The first-order chi connectivity index (χ1) is 11.5. The molecule has 0 fully saturated rings. The third-order valence-corrected chi connectivity index (χ3v) is 4.19. The maximum atomic E-state index is 8.74. The standard InChI is InChI=1S/C18H19N5S/c1-12(5-3-9-19)16-11-17-14(6-4-10-22-17)15(23-16)8-7-13(2)24-18(20)21/h4,6,10-11H,1-3,5,7-8H2,(H3,20,21). The highest BCUT2D eigenvalue weighted by Crippen LogP contribution is 2.25. The van der Waals surface area contributed by atoms with Crippen LogP contribution in [-0.4, -0.2) is 15.1 Å². The zero-order chi connectivity index (χ0) is 17.5. The van der Waals surface area contributed by atoms with Gasteiger partial charge in [-0.25, -0.2) is 0 Å². The molecule has 2 aromatic rings. The Labute approximate surface area is 145 Å². The first-order valence-corrected chi connectivity index (χ1v) is 8.32. The minimum absolute atomic E-state index is 0.0399. The molecule has 24 heavy (non-hydrogen) atoms. The van der Waals surface area contributed by atoms with Crippen molar-refractivity contribution in [2.75, 3.05) is 0 Å². The van der Waals surface area contributed by atoms with Crippen molar-refractivity contribution in [1.82, 2.24) is 9.97 Å². The van der Waals surface area contributed by atoms with Crippen LogP contribution in [0.5, 0.6) is 0 Å². The van der Waals surface area contributed by atoms with Gasteiger partial charge in [-0.05, 0) is 47.9 Å².